The van der Waals surface area contributed by atoms with E-state index in [1.54, 1.807) is 42.5 Å². The molecule has 4 rings (SSSR count). The molecule has 41 heavy (non-hydrogen) atoms. The Morgan fingerprint density at radius 2 is 1.39 bits per heavy atom. The number of nitrogens with zero attached hydrogens (tertiary/aromatic N) is 2. The molecule has 0 heterocycles. The molecule has 214 valence electrons. The number of rotatable bonds is 10. The van der Waals surface area contributed by atoms with Gasteiger partial charge in [0.05, 0.1) is 17.1 Å². The van der Waals surface area contributed by atoms with Crippen molar-refractivity contribution in [1.82, 2.24) is 4.31 Å². The van der Waals surface area contributed by atoms with Gasteiger partial charge in [0.1, 0.15) is 5.82 Å². The van der Waals surface area contributed by atoms with Gasteiger partial charge < -0.3 is 5.32 Å². The second-order valence-electron chi connectivity index (χ2n) is 9.04. The first-order chi connectivity index (χ1) is 19.4. The van der Waals surface area contributed by atoms with Crippen molar-refractivity contribution in [3.63, 3.8) is 0 Å². The Kier molecular flexibility index (Phi) is 9.12. The summed E-state index contributed by atoms with van der Waals surface area (Å²) in [7, 11) is -5.13. The van der Waals surface area contributed by atoms with Crippen molar-refractivity contribution in [3.8, 4) is 0 Å². The Morgan fingerprint density at radius 1 is 0.805 bits per heavy atom. The summed E-state index contributed by atoms with van der Waals surface area (Å²) in [6.07, 6.45) is 0. The van der Waals surface area contributed by atoms with Crippen LogP contribution in [0.2, 0.25) is 0 Å². The van der Waals surface area contributed by atoms with Crippen molar-refractivity contribution in [2.75, 3.05) is 28.4 Å². The summed E-state index contributed by atoms with van der Waals surface area (Å²) in [5.74, 6) is -1.14. The largest absolute Gasteiger partial charge is 0.322 e. The lowest BCUT2D eigenvalue weighted by Crippen LogP contribution is -2.40. The van der Waals surface area contributed by atoms with Crippen molar-refractivity contribution >= 4 is 59.1 Å². The molecule has 4 aromatic rings. The average Bonchev–Trinajstić information content (AvgIpc) is 2.94. The van der Waals surface area contributed by atoms with E-state index in [4.69, 9.17) is 0 Å². The maximum atomic E-state index is 14.5. The fraction of sp³-hybridized carbons (Fsp3) is 0.107. The second-order valence-corrected chi connectivity index (χ2v) is 13.7. The molecule has 4 aromatic carbocycles. The average molecular weight is 662 g/mol. The van der Waals surface area contributed by atoms with Crippen molar-refractivity contribution < 1.29 is 26.0 Å². The van der Waals surface area contributed by atoms with Gasteiger partial charge in [0.15, 0.2) is 0 Å². The molecule has 0 aromatic heterocycles. The number of anilines is 3. The summed E-state index contributed by atoms with van der Waals surface area (Å²) in [6, 6.07) is 24.2. The maximum absolute atomic E-state index is 14.5. The van der Waals surface area contributed by atoms with Crippen molar-refractivity contribution in [1.29, 1.82) is 0 Å². The summed E-state index contributed by atoms with van der Waals surface area (Å²) in [4.78, 5) is 12.8. The summed E-state index contributed by atoms with van der Waals surface area (Å²) in [6.45, 7) is -0.159. The van der Waals surface area contributed by atoms with Gasteiger partial charge in [0, 0.05) is 35.5 Å². The molecular formula is C28H26BrFN4O5S2. The van der Waals surface area contributed by atoms with E-state index in [-0.39, 0.29) is 22.7 Å². The molecule has 0 bridgehead atoms. The fourth-order valence-electron chi connectivity index (χ4n) is 3.72. The second kappa shape index (κ2) is 12.4. The highest BCUT2D eigenvalue weighted by atomic mass is 79.9. The van der Waals surface area contributed by atoms with Crippen molar-refractivity contribution in [3.05, 3.63) is 118 Å². The van der Waals surface area contributed by atoms with Gasteiger partial charge in [-0.15, -0.1) is 0 Å². The molecule has 0 aliphatic rings. The van der Waals surface area contributed by atoms with Crippen LogP contribution in [0, 0.1) is 5.82 Å². The van der Waals surface area contributed by atoms with E-state index in [1.165, 1.54) is 68.7 Å². The fourth-order valence-corrected chi connectivity index (χ4v) is 6.15. The zero-order chi connectivity index (χ0) is 29.8. The molecule has 0 saturated heterocycles. The molecular weight excluding hydrogens is 635 g/mol. The van der Waals surface area contributed by atoms with Gasteiger partial charge in [0.25, 0.3) is 15.9 Å². The minimum Gasteiger partial charge on any atom is -0.322 e. The molecule has 2 N–H and O–H groups in total. The Morgan fingerprint density at radius 3 is 1.98 bits per heavy atom. The number of nitrogens with one attached hydrogen (secondary N) is 2. The molecule has 0 spiro atoms. The molecule has 0 fully saturated rings. The van der Waals surface area contributed by atoms with Crippen LogP contribution >= 0.6 is 15.9 Å². The standard InChI is InChI=1S/C28H26BrFN4O5S2/c1-33(2)41(38,39)34(27-6-4-3-5-26(27)30)19-20-7-9-21(10-8-20)28(35)31-23-15-17-25(18-16-23)40(36,37)32-24-13-11-22(29)12-14-24/h3-18,32H,19H2,1-2H3,(H,31,35). The number of sulfonamides is 1. The highest BCUT2D eigenvalue weighted by Crippen LogP contribution is 2.26. The van der Waals surface area contributed by atoms with Crippen LogP contribution in [-0.4, -0.2) is 41.1 Å². The molecule has 13 heteroatoms. The van der Waals surface area contributed by atoms with Gasteiger partial charge in [-0.3, -0.25) is 13.8 Å². The van der Waals surface area contributed by atoms with E-state index in [0.29, 0.717) is 16.9 Å². The molecule has 0 aliphatic heterocycles. The molecule has 0 atom stereocenters. The smallest absolute Gasteiger partial charge is 0.303 e. The minimum atomic E-state index is -4.02. The Bertz CT molecular complexity index is 1750. The van der Waals surface area contributed by atoms with Gasteiger partial charge in [0.2, 0.25) is 0 Å². The molecule has 0 aliphatic carbocycles. The van der Waals surface area contributed by atoms with Gasteiger partial charge in [-0.2, -0.15) is 12.7 Å². The van der Waals surface area contributed by atoms with E-state index in [1.807, 2.05) is 0 Å². The van der Waals surface area contributed by atoms with Gasteiger partial charge >= 0.3 is 10.2 Å². The number of benzene rings is 4. The number of halogens is 2. The SMILES string of the molecule is CN(C)S(=O)(=O)N(Cc1ccc(C(=O)Nc2ccc(S(=O)(=O)Nc3ccc(Br)cc3)cc2)cc1)c1ccccc1F. The maximum Gasteiger partial charge on any atom is 0.303 e. The quantitative estimate of drug-likeness (QED) is 0.235. The normalized spacial score (nSPS) is 11.7. The molecule has 0 saturated carbocycles. The number of hydrogen-bond donors (Lipinski definition) is 2. The van der Waals surface area contributed by atoms with Crippen molar-refractivity contribution in [2.45, 2.75) is 11.4 Å². The number of amides is 1. The Hall–Kier alpha value is -3.78. The van der Waals surface area contributed by atoms with Crippen molar-refractivity contribution in [2.24, 2.45) is 0 Å². The molecule has 1 amide bonds. The van der Waals surface area contributed by atoms with Crippen LogP contribution in [0.1, 0.15) is 15.9 Å². The van der Waals surface area contributed by atoms with Gasteiger partial charge in [-0.25, -0.2) is 12.8 Å². The first kappa shape index (κ1) is 30.2. The lowest BCUT2D eigenvalue weighted by Gasteiger charge is -2.27. The molecule has 9 nitrogen and oxygen atoms in total. The number of hydrogen-bond acceptors (Lipinski definition) is 5. The number of carbonyl (C=O) groups excluding carboxylic acids is 1. The third kappa shape index (κ3) is 7.30. The van der Waals surface area contributed by atoms with Crippen LogP contribution < -0.4 is 14.3 Å². The molecule has 0 unspecified atom stereocenters. The monoisotopic (exact) mass is 660 g/mol. The van der Waals surface area contributed by atoms with Crippen LogP contribution in [0.3, 0.4) is 0 Å². The van der Waals surface area contributed by atoms with Crippen LogP contribution in [0.4, 0.5) is 21.5 Å². The van der Waals surface area contributed by atoms with E-state index < -0.39 is 32.0 Å². The summed E-state index contributed by atoms with van der Waals surface area (Å²) in [5.41, 5.74) is 1.51. The highest BCUT2D eigenvalue weighted by molar-refractivity contribution is 9.10. The third-order valence-corrected chi connectivity index (χ3v) is 9.65. The lowest BCUT2D eigenvalue weighted by molar-refractivity contribution is 0.102. The predicted molar refractivity (Wildman–Crippen MR) is 161 cm³/mol. The summed E-state index contributed by atoms with van der Waals surface area (Å²) in [5, 5.41) is 2.70. The number of carbonyl (C=O) groups is 1. The van der Waals surface area contributed by atoms with E-state index in [9.17, 15) is 26.0 Å². The molecule has 0 radical (unpaired) electrons. The summed E-state index contributed by atoms with van der Waals surface area (Å²) < 4.78 is 71.0. The van der Waals surface area contributed by atoms with Crippen LogP contribution in [-0.2, 0) is 26.8 Å². The zero-order valence-corrected chi connectivity index (χ0v) is 25.2. The Labute approximate surface area is 247 Å². The first-order valence-electron chi connectivity index (χ1n) is 12.1. The first-order valence-corrected chi connectivity index (χ1v) is 15.8. The van der Waals surface area contributed by atoms with E-state index >= 15 is 0 Å². The van der Waals surface area contributed by atoms with Crippen LogP contribution in [0.15, 0.2) is 106 Å². The predicted octanol–water partition coefficient (Wildman–Crippen LogP) is 5.45. The van der Waals surface area contributed by atoms with E-state index in [2.05, 4.69) is 26.0 Å². The zero-order valence-electron chi connectivity index (χ0n) is 22.0. The Balaban J connectivity index is 1.45. The topological polar surface area (TPSA) is 116 Å². The number of para-hydroxylation sites is 1. The lowest BCUT2D eigenvalue weighted by atomic mass is 10.1. The van der Waals surface area contributed by atoms with Crippen LogP contribution in [0.5, 0.6) is 0 Å². The highest BCUT2D eigenvalue weighted by Gasteiger charge is 2.27. The minimum absolute atomic E-state index is 0.0230. The van der Waals surface area contributed by atoms with Crippen LogP contribution in [0.25, 0.3) is 0 Å². The summed E-state index contributed by atoms with van der Waals surface area (Å²) >= 11 is 3.30. The van der Waals surface area contributed by atoms with E-state index in [0.717, 1.165) is 13.1 Å². The van der Waals surface area contributed by atoms with Gasteiger partial charge in [-0.05, 0) is 78.4 Å². The van der Waals surface area contributed by atoms with Gasteiger partial charge in [-0.1, -0.05) is 40.2 Å². The third-order valence-electron chi connectivity index (χ3n) is 5.92.